The highest BCUT2D eigenvalue weighted by atomic mass is 16.6. The molecule has 7 rings (SSSR count). The molecule has 3 heterocycles. The van der Waals surface area contributed by atoms with Crippen molar-refractivity contribution in [3.05, 3.63) is 12.2 Å². The van der Waals surface area contributed by atoms with E-state index in [1.807, 2.05) is 0 Å². The van der Waals surface area contributed by atoms with Gasteiger partial charge in [-0.1, -0.05) is 17.3 Å². The van der Waals surface area contributed by atoms with E-state index in [0.29, 0.717) is 41.9 Å². The molecule has 104 valence electrons. The van der Waals surface area contributed by atoms with Crippen LogP contribution in [-0.4, -0.2) is 23.9 Å². The predicted octanol–water partition coefficient (Wildman–Crippen LogP) is 2.67. The molecule has 0 aromatic rings. The Labute approximate surface area is 118 Å². The van der Waals surface area contributed by atoms with Crippen molar-refractivity contribution in [2.75, 3.05) is 0 Å². The first-order valence-corrected chi connectivity index (χ1v) is 8.11. The Morgan fingerprint density at radius 2 is 1.95 bits per heavy atom. The fourth-order valence-corrected chi connectivity index (χ4v) is 6.75. The second kappa shape index (κ2) is 3.18. The minimum Gasteiger partial charge on any atom is -0.392 e. The SMILES string of the molecule is CC1=NOC2C3CC(C12)C1C2N=NC(C4C=CCC42)C31. The van der Waals surface area contributed by atoms with Crippen molar-refractivity contribution in [2.45, 2.75) is 38.0 Å². The van der Waals surface area contributed by atoms with Crippen LogP contribution in [0.1, 0.15) is 19.8 Å². The van der Waals surface area contributed by atoms with Gasteiger partial charge in [0.25, 0.3) is 0 Å². The normalized spacial score (nSPS) is 63.1. The average Bonchev–Trinajstić information content (AvgIpc) is 3.20. The van der Waals surface area contributed by atoms with Crippen molar-refractivity contribution in [1.29, 1.82) is 0 Å². The number of rotatable bonds is 0. The largest absolute Gasteiger partial charge is 0.392 e. The summed E-state index contributed by atoms with van der Waals surface area (Å²) in [6.45, 7) is 2.16. The third-order valence-electron chi connectivity index (χ3n) is 7.23. The average molecular weight is 269 g/mol. The molecule has 3 fully saturated rings. The van der Waals surface area contributed by atoms with E-state index in [-0.39, 0.29) is 0 Å². The van der Waals surface area contributed by atoms with Gasteiger partial charge < -0.3 is 4.84 Å². The van der Waals surface area contributed by atoms with Crippen molar-refractivity contribution in [2.24, 2.45) is 56.8 Å². The Morgan fingerprint density at radius 1 is 1.10 bits per heavy atom. The van der Waals surface area contributed by atoms with Gasteiger partial charge in [0.1, 0.15) is 6.10 Å². The van der Waals surface area contributed by atoms with Gasteiger partial charge in [-0.25, -0.2) is 0 Å². The summed E-state index contributed by atoms with van der Waals surface area (Å²) in [4.78, 5) is 5.79. The van der Waals surface area contributed by atoms with Gasteiger partial charge in [0.05, 0.1) is 17.8 Å². The van der Waals surface area contributed by atoms with E-state index in [1.165, 1.54) is 18.6 Å². The molecule has 0 saturated heterocycles. The molecule has 0 aromatic heterocycles. The zero-order valence-corrected chi connectivity index (χ0v) is 11.6. The highest BCUT2D eigenvalue weighted by Crippen LogP contribution is 2.67. The van der Waals surface area contributed by atoms with Gasteiger partial charge in [-0.15, -0.1) is 0 Å². The molecule has 0 N–H and O–H groups in total. The monoisotopic (exact) mass is 269 g/mol. The number of hydrogen-bond donors (Lipinski definition) is 0. The molecule has 4 aliphatic carbocycles. The molecule has 10 atom stereocenters. The van der Waals surface area contributed by atoms with Crippen LogP contribution in [0.2, 0.25) is 0 Å². The summed E-state index contributed by atoms with van der Waals surface area (Å²) in [5, 5.41) is 13.8. The molecule has 10 unspecified atom stereocenters. The Bertz CT molecular complexity index is 582. The van der Waals surface area contributed by atoms with Gasteiger partial charge >= 0.3 is 0 Å². The molecular formula is C16H19N3O. The predicted molar refractivity (Wildman–Crippen MR) is 73.2 cm³/mol. The van der Waals surface area contributed by atoms with Crippen LogP contribution < -0.4 is 0 Å². The molecule has 0 aromatic carbocycles. The van der Waals surface area contributed by atoms with Crippen molar-refractivity contribution >= 4 is 5.71 Å². The van der Waals surface area contributed by atoms with Gasteiger partial charge in [0.15, 0.2) is 0 Å². The Hall–Kier alpha value is -1.19. The number of oxime groups is 1. The number of allylic oxidation sites excluding steroid dienone is 1. The molecule has 3 aliphatic heterocycles. The number of fused-ring (bicyclic) bond motifs is 5. The third-order valence-corrected chi connectivity index (χ3v) is 7.23. The lowest BCUT2D eigenvalue weighted by atomic mass is 9.56. The molecule has 4 heteroatoms. The van der Waals surface area contributed by atoms with Crippen LogP contribution in [0.3, 0.4) is 0 Å². The molecular weight excluding hydrogens is 250 g/mol. The summed E-state index contributed by atoms with van der Waals surface area (Å²) in [6.07, 6.45) is 7.72. The van der Waals surface area contributed by atoms with Crippen molar-refractivity contribution in [1.82, 2.24) is 0 Å². The van der Waals surface area contributed by atoms with E-state index in [1.54, 1.807) is 0 Å². The second-order valence-corrected chi connectivity index (χ2v) is 7.66. The summed E-state index contributed by atoms with van der Waals surface area (Å²) >= 11 is 0. The van der Waals surface area contributed by atoms with Gasteiger partial charge in [-0.2, -0.15) is 10.2 Å². The van der Waals surface area contributed by atoms with Crippen LogP contribution >= 0.6 is 0 Å². The lowest BCUT2D eigenvalue weighted by molar-refractivity contribution is -0.0613. The maximum absolute atomic E-state index is 5.79. The van der Waals surface area contributed by atoms with E-state index >= 15 is 0 Å². The van der Waals surface area contributed by atoms with Gasteiger partial charge in [-0.05, 0) is 43.4 Å². The van der Waals surface area contributed by atoms with Gasteiger partial charge in [0, 0.05) is 17.8 Å². The highest BCUT2D eigenvalue weighted by Gasteiger charge is 2.70. The topological polar surface area (TPSA) is 46.3 Å². The second-order valence-electron chi connectivity index (χ2n) is 7.66. The standard InChI is InChI=1S/C16H19N3O/c1-6-11-9-5-10(16(11)20-19-6)13-12(9)14-7-3-2-4-8(7)15(13)18-17-14/h2,4,7-16H,3,5H2,1H3. The quantitative estimate of drug-likeness (QED) is 0.624. The molecule has 7 aliphatic rings. The van der Waals surface area contributed by atoms with Crippen LogP contribution in [0.25, 0.3) is 0 Å². The third kappa shape index (κ3) is 0.941. The Kier molecular flexibility index (Phi) is 1.67. The first kappa shape index (κ1) is 10.5. The van der Waals surface area contributed by atoms with Gasteiger partial charge in [-0.3, -0.25) is 0 Å². The molecule has 3 saturated carbocycles. The van der Waals surface area contributed by atoms with E-state index in [2.05, 4.69) is 24.2 Å². The fourth-order valence-electron chi connectivity index (χ4n) is 6.75. The maximum Gasteiger partial charge on any atom is 0.139 e. The van der Waals surface area contributed by atoms with E-state index in [0.717, 1.165) is 17.8 Å². The molecule has 4 bridgehead atoms. The van der Waals surface area contributed by atoms with Crippen LogP contribution in [0.15, 0.2) is 27.5 Å². The summed E-state index contributed by atoms with van der Waals surface area (Å²) in [5.74, 6) is 4.91. The fraction of sp³-hybridized carbons (Fsp3) is 0.812. The van der Waals surface area contributed by atoms with Crippen LogP contribution in [0.4, 0.5) is 0 Å². The first-order valence-electron chi connectivity index (χ1n) is 8.11. The number of nitrogens with zero attached hydrogens (tertiary/aromatic N) is 3. The minimum atomic E-state index is 0.361. The van der Waals surface area contributed by atoms with E-state index in [9.17, 15) is 0 Å². The highest BCUT2D eigenvalue weighted by molar-refractivity contribution is 5.86. The van der Waals surface area contributed by atoms with E-state index < -0.39 is 0 Å². The number of azo groups is 1. The van der Waals surface area contributed by atoms with Crippen LogP contribution in [0, 0.1) is 41.4 Å². The summed E-state index contributed by atoms with van der Waals surface area (Å²) in [7, 11) is 0. The zero-order valence-electron chi connectivity index (χ0n) is 11.6. The Morgan fingerprint density at radius 3 is 2.90 bits per heavy atom. The molecule has 0 radical (unpaired) electrons. The maximum atomic E-state index is 5.79. The van der Waals surface area contributed by atoms with Crippen LogP contribution in [0.5, 0.6) is 0 Å². The van der Waals surface area contributed by atoms with E-state index in [4.69, 9.17) is 15.1 Å². The van der Waals surface area contributed by atoms with Gasteiger partial charge in [0.2, 0.25) is 0 Å². The molecule has 20 heavy (non-hydrogen) atoms. The lowest BCUT2D eigenvalue weighted by Gasteiger charge is -2.52. The molecule has 0 spiro atoms. The lowest BCUT2D eigenvalue weighted by Crippen LogP contribution is -2.57. The summed E-state index contributed by atoms with van der Waals surface area (Å²) in [6, 6.07) is 0.920. The zero-order chi connectivity index (χ0) is 13.0. The minimum absolute atomic E-state index is 0.361. The number of hydrogen-bond acceptors (Lipinski definition) is 4. The molecule has 0 amide bonds. The van der Waals surface area contributed by atoms with Crippen molar-refractivity contribution < 1.29 is 4.84 Å². The Balaban J connectivity index is 1.47. The van der Waals surface area contributed by atoms with Crippen molar-refractivity contribution in [3.63, 3.8) is 0 Å². The van der Waals surface area contributed by atoms with Crippen molar-refractivity contribution in [3.8, 4) is 0 Å². The first-order chi connectivity index (χ1) is 9.84. The summed E-state index contributed by atoms with van der Waals surface area (Å²) < 4.78 is 0. The smallest absolute Gasteiger partial charge is 0.139 e. The van der Waals surface area contributed by atoms with Crippen LogP contribution in [-0.2, 0) is 4.84 Å². The molecule has 4 nitrogen and oxygen atoms in total. The summed E-state index contributed by atoms with van der Waals surface area (Å²) in [5.41, 5.74) is 1.24.